The topological polar surface area (TPSA) is 118 Å². The maximum Gasteiger partial charge on any atom is 0.329 e. The van der Waals surface area contributed by atoms with E-state index in [-0.39, 0.29) is 12.5 Å². The van der Waals surface area contributed by atoms with Crippen molar-refractivity contribution in [1.82, 2.24) is 10.7 Å². The number of hydrogen-bond acceptors (Lipinski definition) is 6. The van der Waals surface area contributed by atoms with Gasteiger partial charge in [0.15, 0.2) is 18.1 Å². The summed E-state index contributed by atoms with van der Waals surface area (Å²) in [6.45, 7) is 7.92. The zero-order valence-corrected chi connectivity index (χ0v) is 18.9. The Labute approximate surface area is 187 Å². The zero-order valence-electron chi connectivity index (χ0n) is 18.9. The molecule has 2 rings (SSSR count). The molecule has 2 aromatic rings. The Morgan fingerprint density at radius 3 is 2.28 bits per heavy atom. The smallest absolute Gasteiger partial charge is 0.329 e. The van der Waals surface area contributed by atoms with Crippen LogP contribution in [0.3, 0.4) is 0 Å². The summed E-state index contributed by atoms with van der Waals surface area (Å²) in [4.78, 5) is 35.0. The Balaban J connectivity index is 2.04. The van der Waals surface area contributed by atoms with E-state index in [1.165, 1.54) is 13.3 Å². The number of aryl methyl sites for hydroxylation is 3. The number of carbonyl (C=O) groups excluding carboxylic acids is 3. The van der Waals surface area contributed by atoms with Crippen LogP contribution in [0, 0.1) is 20.8 Å². The van der Waals surface area contributed by atoms with Crippen molar-refractivity contribution in [3.8, 4) is 11.5 Å². The Hall–Kier alpha value is -3.88. The third kappa shape index (κ3) is 6.83. The molecule has 32 heavy (non-hydrogen) atoms. The first-order chi connectivity index (χ1) is 15.2. The van der Waals surface area contributed by atoms with Gasteiger partial charge in [0.05, 0.1) is 12.8 Å². The minimum atomic E-state index is -0.876. The predicted molar refractivity (Wildman–Crippen MR) is 122 cm³/mol. The number of amides is 3. The van der Waals surface area contributed by atoms with E-state index in [0.717, 1.165) is 22.4 Å². The van der Waals surface area contributed by atoms with Crippen LogP contribution in [-0.4, -0.2) is 44.2 Å². The van der Waals surface area contributed by atoms with Crippen molar-refractivity contribution < 1.29 is 23.9 Å². The fourth-order valence-electron chi connectivity index (χ4n) is 3.02. The molecule has 0 saturated heterocycles. The molecule has 3 amide bonds. The number of anilines is 1. The molecular weight excluding hydrogens is 412 g/mol. The van der Waals surface area contributed by atoms with Crippen molar-refractivity contribution in [3.63, 3.8) is 0 Å². The van der Waals surface area contributed by atoms with Gasteiger partial charge in [0.2, 0.25) is 0 Å². The highest BCUT2D eigenvalue weighted by Gasteiger charge is 2.12. The first-order valence-corrected chi connectivity index (χ1v) is 10.1. The second kappa shape index (κ2) is 11.5. The van der Waals surface area contributed by atoms with Crippen molar-refractivity contribution in [2.75, 3.05) is 25.6 Å². The van der Waals surface area contributed by atoms with E-state index in [1.807, 2.05) is 39.8 Å². The van der Waals surface area contributed by atoms with E-state index in [9.17, 15) is 14.4 Å². The lowest BCUT2D eigenvalue weighted by molar-refractivity contribution is -0.138. The molecule has 0 unspecified atom stereocenters. The number of hydrazone groups is 1. The van der Waals surface area contributed by atoms with Crippen LogP contribution in [0.2, 0.25) is 0 Å². The van der Waals surface area contributed by atoms with Crippen LogP contribution in [0.1, 0.15) is 29.2 Å². The largest absolute Gasteiger partial charge is 0.490 e. The van der Waals surface area contributed by atoms with Gasteiger partial charge >= 0.3 is 11.8 Å². The summed E-state index contributed by atoms with van der Waals surface area (Å²) in [5, 5.41) is 8.83. The maximum atomic E-state index is 12.4. The zero-order chi connectivity index (χ0) is 23.7. The first kappa shape index (κ1) is 24.4. The lowest BCUT2D eigenvalue weighted by Gasteiger charge is -2.15. The molecule has 0 bridgehead atoms. The van der Waals surface area contributed by atoms with Crippen molar-refractivity contribution in [1.29, 1.82) is 0 Å². The second-order valence-electron chi connectivity index (χ2n) is 7.03. The number of nitrogens with one attached hydrogen (secondary N) is 3. The Morgan fingerprint density at radius 1 is 0.969 bits per heavy atom. The van der Waals surface area contributed by atoms with Crippen LogP contribution in [0.5, 0.6) is 11.5 Å². The molecular formula is C23H28N4O5. The van der Waals surface area contributed by atoms with E-state index in [0.29, 0.717) is 23.7 Å². The van der Waals surface area contributed by atoms with E-state index in [4.69, 9.17) is 9.47 Å². The monoisotopic (exact) mass is 440 g/mol. The number of rotatable bonds is 8. The molecule has 0 atom stereocenters. The molecule has 9 nitrogen and oxygen atoms in total. The van der Waals surface area contributed by atoms with Gasteiger partial charge in [-0.25, -0.2) is 5.43 Å². The SMILES string of the molecule is CCOc1cc(/C=N\NC(=O)C(=O)NC)ccc1OCC(=O)Nc1c(C)cc(C)cc1C. The van der Waals surface area contributed by atoms with Crippen LogP contribution >= 0.6 is 0 Å². The molecule has 0 saturated carbocycles. The number of hydrogen-bond donors (Lipinski definition) is 3. The third-order valence-electron chi connectivity index (χ3n) is 4.38. The van der Waals surface area contributed by atoms with Crippen molar-refractivity contribution in [2.45, 2.75) is 27.7 Å². The van der Waals surface area contributed by atoms with Crippen LogP contribution in [0.15, 0.2) is 35.4 Å². The van der Waals surface area contributed by atoms with Gasteiger partial charge in [-0.3, -0.25) is 14.4 Å². The number of benzene rings is 2. The number of likely N-dealkylation sites (N-methyl/N-ethyl adjacent to an activating group) is 1. The highest BCUT2D eigenvalue weighted by atomic mass is 16.5. The summed E-state index contributed by atoms with van der Waals surface area (Å²) < 4.78 is 11.3. The average molecular weight is 441 g/mol. The molecule has 2 aromatic carbocycles. The molecule has 9 heteroatoms. The molecule has 0 aliphatic carbocycles. The van der Waals surface area contributed by atoms with E-state index in [2.05, 4.69) is 21.2 Å². The predicted octanol–water partition coefficient (Wildman–Crippen LogP) is 2.22. The summed E-state index contributed by atoms with van der Waals surface area (Å²) in [7, 11) is 1.35. The van der Waals surface area contributed by atoms with E-state index < -0.39 is 11.8 Å². The van der Waals surface area contributed by atoms with Crippen molar-refractivity contribution in [2.24, 2.45) is 5.10 Å². The van der Waals surface area contributed by atoms with Crippen molar-refractivity contribution in [3.05, 3.63) is 52.6 Å². The van der Waals surface area contributed by atoms with Gasteiger partial charge in [0.25, 0.3) is 5.91 Å². The Morgan fingerprint density at radius 2 is 1.66 bits per heavy atom. The van der Waals surface area contributed by atoms with Crippen molar-refractivity contribution >= 4 is 29.6 Å². The molecule has 0 aromatic heterocycles. The summed E-state index contributed by atoms with van der Waals surface area (Å²) >= 11 is 0. The molecule has 3 N–H and O–H groups in total. The molecule has 0 aliphatic rings. The minimum absolute atomic E-state index is 0.192. The quantitative estimate of drug-likeness (QED) is 0.330. The van der Waals surface area contributed by atoms with Gasteiger partial charge < -0.3 is 20.1 Å². The molecule has 0 fully saturated rings. The summed E-state index contributed by atoms with van der Waals surface area (Å²) in [5.41, 5.74) is 6.60. The molecule has 0 aliphatic heterocycles. The number of carbonyl (C=O) groups is 3. The van der Waals surface area contributed by atoms with E-state index >= 15 is 0 Å². The third-order valence-corrected chi connectivity index (χ3v) is 4.38. The minimum Gasteiger partial charge on any atom is -0.490 e. The molecule has 0 radical (unpaired) electrons. The first-order valence-electron chi connectivity index (χ1n) is 10.1. The van der Waals surface area contributed by atoms with Gasteiger partial charge in [0, 0.05) is 12.7 Å². The number of nitrogens with zero attached hydrogens (tertiary/aromatic N) is 1. The van der Waals surface area contributed by atoms with Gasteiger partial charge in [-0.05, 0) is 62.6 Å². The van der Waals surface area contributed by atoms with Crippen LogP contribution in [-0.2, 0) is 14.4 Å². The maximum absolute atomic E-state index is 12.4. The summed E-state index contributed by atoms with van der Waals surface area (Å²) in [5.74, 6) is -1.14. The standard InChI is InChI=1S/C23H28N4O5/c1-6-31-19-11-17(12-25-27-23(30)22(29)24-5)7-8-18(19)32-13-20(28)26-21-15(3)9-14(2)10-16(21)4/h7-12H,6,13H2,1-5H3,(H,24,29)(H,26,28)(H,27,30)/b25-12-. The van der Waals surface area contributed by atoms with Crippen LogP contribution < -0.4 is 25.5 Å². The summed E-state index contributed by atoms with van der Waals surface area (Å²) in [6.07, 6.45) is 1.36. The Bertz CT molecular complexity index is 1010. The van der Waals surface area contributed by atoms with E-state index in [1.54, 1.807) is 18.2 Å². The highest BCUT2D eigenvalue weighted by molar-refractivity contribution is 6.35. The lowest BCUT2D eigenvalue weighted by Crippen LogP contribution is -2.35. The normalized spacial score (nSPS) is 10.5. The Kier molecular flexibility index (Phi) is 8.76. The fraction of sp³-hybridized carbons (Fsp3) is 0.304. The van der Waals surface area contributed by atoms with Crippen LogP contribution in [0.4, 0.5) is 5.69 Å². The van der Waals surface area contributed by atoms with Gasteiger partial charge in [-0.1, -0.05) is 17.7 Å². The molecule has 0 heterocycles. The number of ether oxygens (including phenoxy) is 2. The summed E-state index contributed by atoms with van der Waals surface area (Å²) in [6, 6.07) is 8.99. The van der Waals surface area contributed by atoms with Gasteiger partial charge in [0.1, 0.15) is 0 Å². The lowest BCUT2D eigenvalue weighted by atomic mass is 10.1. The van der Waals surface area contributed by atoms with Crippen LogP contribution in [0.25, 0.3) is 0 Å². The average Bonchev–Trinajstić information content (AvgIpc) is 2.75. The van der Waals surface area contributed by atoms with Gasteiger partial charge in [-0.15, -0.1) is 0 Å². The molecule has 0 spiro atoms. The molecule has 170 valence electrons. The highest BCUT2D eigenvalue weighted by Crippen LogP contribution is 2.28. The van der Waals surface area contributed by atoms with Gasteiger partial charge in [-0.2, -0.15) is 5.10 Å². The second-order valence-corrected chi connectivity index (χ2v) is 7.03. The fourth-order valence-corrected chi connectivity index (χ4v) is 3.02.